The van der Waals surface area contributed by atoms with Crippen LogP contribution in [0.15, 0.2) is 180 Å². The van der Waals surface area contributed by atoms with E-state index in [1.807, 2.05) is 12.1 Å². The molecule has 2 heteroatoms. The first-order valence-corrected chi connectivity index (χ1v) is 16.2. The van der Waals surface area contributed by atoms with Crippen molar-refractivity contribution in [3.05, 3.63) is 187 Å². The molecule has 1 heterocycles. The van der Waals surface area contributed by atoms with Gasteiger partial charge in [-0.15, -0.1) is 0 Å². The molecule has 0 fully saturated rings. The van der Waals surface area contributed by atoms with E-state index in [9.17, 15) is 0 Å². The summed E-state index contributed by atoms with van der Waals surface area (Å²) >= 11 is 0. The van der Waals surface area contributed by atoms with Crippen LogP contribution in [-0.4, -0.2) is 0 Å². The van der Waals surface area contributed by atoms with Gasteiger partial charge in [0.1, 0.15) is 11.2 Å². The summed E-state index contributed by atoms with van der Waals surface area (Å²) in [5, 5.41) is 2.26. The zero-order valence-corrected chi connectivity index (χ0v) is 26.6. The molecule has 0 saturated heterocycles. The molecule has 0 aliphatic rings. The van der Waals surface area contributed by atoms with Gasteiger partial charge in [-0.1, -0.05) is 141 Å². The normalized spacial score (nSPS) is 11.6. The first-order valence-electron chi connectivity index (χ1n) is 16.2. The molecule has 0 radical (unpaired) electrons. The Hall–Kier alpha value is -5.86. The summed E-state index contributed by atoms with van der Waals surface area (Å²) in [6.45, 7) is 4.57. The van der Waals surface area contributed by atoms with Crippen LogP contribution in [0.5, 0.6) is 0 Å². The van der Waals surface area contributed by atoms with Crippen LogP contribution in [0, 0.1) is 0 Å². The molecule has 0 atom stereocenters. The smallest absolute Gasteiger partial charge is 0.137 e. The minimum atomic E-state index is -0.116. The zero-order valence-electron chi connectivity index (χ0n) is 26.6. The lowest BCUT2D eigenvalue weighted by molar-refractivity contribution is 0.641. The molecule has 0 bridgehead atoms. The maximum absolute atomic E-state index is 6.32. The van der Waals surface area contributed by atoms with Gasteiger partial charge >= 0.3 is 0 Å². The van der Waals surface area contributed by atoms with Crippen molar-refractivity contribution in [2.45, 2.75) is 19.3 Å². The fourth-order valence-corrected chi connectivity index (χ4v) is 6.64. The molecule has 0 saturated carbocycles. The van der Waals surface area contributed by atoms with Gasteiger partial charge in [0.2, 0.25) is 0 Å². The van der Waals surface area contributed by atoms with Crippen molar-refractivity contribution >= 4 is 39.0 Å². The van der Waals surface area contributed by atoms with E-state index >= 15 is 0 Å². The number of benzene rings is 7. The second kappa shape index (κ2) is 11.8. The minimum Gasteiger partial charge on any atom is -0.456 e. The predicted octanol–water partition coefficient (Wildman–Crippen LogP) is 12.7. The van der Waals surface area contributed by atoms with Crippen LogP contribution >= 0.6 is 0 Å². The Balaban J connectivity index is 1.17. The molecule has 1 aromatic heterocycles. The summed E-state index contributed by atoms with van der Waals surface area (Å²) in [6, 6.07) is 62.7. The molecule has 0 amide bonds. The third-order valence-electron chi connectivity index (χ3n) is 9.41. The Morgan fingerprint density at radius 1 is 0.383 bits per heavy atom. The van der Waals surface area contributed by atoms with Crippen LogP contribution in [-0.2, 0) is 5.41 Å². The molecule has 0 aliphatic carbocycles. The largest absolute Gasteiger partial charge is 0.456 e. The van der Waals surface area contributed by atoms with Crippen LogP contribution in [0.4, 0.5) is 17.1 Å². The Morgan fingerprint density at radius 3 is 1.47 bits per heavy atom. The monoisotopic (exact) mass is 605 g/mol. The molecule has 226 valence electrons. The van der Waals surface area contributed by atoms with E-state index in [-0.39, 0.29) is 5.41 Å². The van der Waals surface area contributed by atoms with E-state index in [1.54, 1.807) is 0 Å². The van der Waals surface area contributed by atoms with Gasteiger partial charge < -0.3 is 9.32 Å². The van der Waals surface area contributed by atoms with Crippen LogP contribution in [0.25, 0.3) is 44.2 Å². The van der Waals surface area contributed by atoms with Crippen molar-refractivity contribution in [3.63, 3.8) is 0 Å². The number of para-hydroxylation sites is 1. The fourth-order valence-electron chi connectivity index (χ4n) is 6.64. The quantitative estimate of drug-likeness (QED) is 0.180. The van der Waals surface area contributed by atoms with Crippen molar-refractivity contribution in [1.82, 2.24) is 0 Å². The van der Waals surface area contributed by atoms with E-state index in [2.05, 4.69) is 183 Å². The summed E-state index contributed by atoms with van der Waals surface area (Å²) < 4.78 is 6.32. The van der Waals surface area contributed by atoms with E-state index in [4.69, 9.17) is 4.42 Å². The maximum atomic E-state index is 6.32. The van der Waals surface area contributed by atoms with Gasteiger partial charge in [0.05, 0.1) is 0 Å². The van der Waals surface area contributed by atoms with Crippen molar-refractivity contribution in [3.8, 4) is 22.3 Å². The molecule has 0 N–H and O–H groups in total. The molecule has 0 spiro atoms. The number of rotatable bonds is 7. The second-order valence-corrected chi connectivity index (χ2v) is 12.6. The van der Waals surface area contributed by atoms with Crippen LogP contribution in [0.3, 0.4) is 0 Å². The summed E-state index contributed by atoms with van der Waals surface area (Å²) in [6.07, 6.45) is 0. The minimum absolute atomic E-state index is 0.116. The van der Waals surface area contributed by atoms with Gasteiger partial charge in [-0.25, -0.2) is 0 Å². The Bertz CT molecular complexity index is 2280. The van der Waals surface area contributed by atoms with Gasteiger partial charge in [0, 0.05) is 39.3 Å². The lowest BCUT2D eigenvalue weighted by atomic mass is 9.78. The third kappa shape index (κ3) is 5.38. The van der Waals surface area contributed by atoms with Gasteiger partial charge in [-0.2, -0.15) is 0 Å². The Labute approximate surface area is 276 Å². The van der Waals surface area contributed by atoms with E-state index in [1.165, 1.54) is 33.4 Å². The summed E-state index contributed by atoms with van der Waals surface area (Å²) in [5.74, 6) is 0. The average Bonchev–Trinajstić information content (AvgIpc) is 3.51. The molecule has 0 unspecified atom stereocenters. The molecular formula is C45H35NO. The standard InChI is InChI=1S/C45H35NO/c1-45(2,36-13-7-4-8-14-36)37-23-27-39(28-24-37)46(40-29-30-42-41-15-9-10-16-43(41)47-44(42)31-40)38-25-21-35(22-26-38)34-19-17-33(18-20-34)32-11-5-3-6-12-32/h3-31H,1-2H3. The number of fused-ring (bicyclic) bond motifs is 3. The zero-order chi connectivity index (χ0) is 31.8. The van der Waals surface area contributed by atoms with Crippen molar-refractivity contribution in [2.75, 3.05) is 4.90 Å². The van der Waals surface area contributed by atoms with Crippen LogP contribution < -0.4 is 4.90 Å². The van der Waals surface area contributed by atoms with Gasteiger partial charge in [0.15, 0.2) is 0 Å². The van der Waals surface area contributed by atoms with Crippen molar-refractivity contribution in [1.29, 1.82) is 0 Å². The highest BCUT2D eigenvalue weighted by molar-refractivity contribution is 6.06. The molecule has 7 aromatic carbocycles. The molecular weight excluding hydrogens is 571 g/mol. The topological polar surface area (TPSA) is 16.4 Å². The molecule has 0 aliphatic heterocycles. The number of nitrogens with zero attached hydrogens (tertiary/aromatic N) is 1. The highest BCUT2D eigenvalue weighted by Crippen LogP contribution is 2.40. The van der Waals surface area contributed by atoms with E-state index in [0.29, 0.717) is 0 Å². The van der Waals surface area contributed by atoms with Gasteiger partial charge in [-0.3, -0.25) is 0 Å². The Morgan fingerprint density at radius 2 is 0.830 bits per heavy atom. The van der Waals surface area contributed by atoms with Crippen molar-refractivity contribution in [2.24, 2.45) is 0 Å². The molecule has 8 rings (SSSR count). The predicted molar refractivity (Wildman–Crippen MR) is 198 cm³/mol. The van der Waals surface area contributed by atoms with E-state index < -0.39 is 0 Å². The summed E-state index contributed by atoms with van der Waals surface area (Å²) in [5.41, 5.74) is 12.3. The van der Waals surface area contributed by atoms with Crippen molar-refractivity contribution < 1.29 is 4.42 Å². The number of furan rings is 1. The summed E-state index contributed by atoms with van der Waals surface area (Å²) in [7, 11) is 0. The SMILES string of the molecule is CC(C)(c1ccccc1)c1ccc(N(c2ccc(-c3ccc(-c4ccccc4)cc3)cc2)c2ccc3c(c2)oc2ccccc23)cc1. The molecule has 47 heavy (non-hydrogen) atoms. The summed E-state index contributed by atoms with van der Waals surface area (Å²) in [4.78, 5) is 2.31. The molecule has 8 aromatic rings. The number of anilines is 3. The molecule has 2 nitrogen and oxygen atoms in total. The first-order chi connectivity index (χ1) is 23.0. The lowest BCUT2D eigenvalue weighted by Crippen LogP contribution is -2.19. The fraction of sp³-hybridized carbons (Fsp3) is 0.0667. The third-order valence-corrected chi connectivity index (χ3v) is 9.41. The van der Waals surface area contributed by atoms with Gasteiger partial charge in [-0.05, 0) is 75.8 Å². The maximum Gasteiger partial charge on any atom is 0.137 e. The highest BCUT2D eigenvalue weighted by Gasteiger charge is 2.23. The van der Waals surface area contributed by atoms with E-state index in [0.717, 1.165) is 39.0 Å². The average molecular weight is 606 g/mol. The van der Waals surface area contributed by atoms with Crippen LogP contribution in [0.2, 0.25) is 0 Å². The number of hydrogen-bond acceptors (Lipinski definition) is 2. The lowest BCUT2D eigenvalue weighted by Gasteiger charge is -2.29. The van der Waals surface area contributed by atoms with Gasteiger partial charge in [0.25, 0.3) is 0 Å². The number of hydrogen-bond donors (Lipinski definition) is 0. The second-order valence-electron chi connectivity index (χ2n) is 12.6. The Kier molecular flexibility index (Phi) is 7.19. The first kappa shape index (κ1) is 28.6. The van der Waals surface area contributed by atoms with Crippen LogP contribution in [0.1, 0.15) is 25.0 Å². The highest BCUT2D eigenvalue weighted by atomic mass is 16.3.